The molecule has 1 aliphatic rings. The first-order valence-electron chi connectivity index (χ1n) is 9.68. The minimum Gasteiger partial charge on any atom is -0.355 e. The third-order valence-electron chi connectivity index (χ3n) is 5.40. The molecule has 3 rings (SSSR count). The number of benzene rings is 1. The van der Waals surface area contributed by atoms with E-state index in [-0.39, 0.29) is 5.91 Å². The van der Waals surface area contributed by atoms with E-state index in [1.54, 1.807) is 17.4 Å². The fourth-order valence-electron chi connectivity index (χ4n) is 3.91. The van der Waals surface area contributed by atoms with Crippen molar-refractivity contribution < 1.29 is 18.0 Å². The molecule has 0 unspecified atom stereocenters. The molecule has 1 heterocycles. The number of nitrogens with zero attached hydrogens (tertiary/aromatic N) is 1. The highest BCUT2D eigenvalue weighted by Crippen LogP contribution is 2.43. The van der Waals surface area contributed by atoms with E-state index in [0.717, 1.165) is 54.9 Å². The van der Waals surface area contributed by atoms with Crippen LogP contribution in [0.1, 0.15) is 60.4 Å². The summed E-state index contributed by atoms with van der Waals surface area (Å²) in [6.07, 6.45) is 1.12. The Morgan fingerprint density at radius 1 is 1.25 bits per heavy atom. The number of nitrogens with one attached hydrogen (secondary N) is 1. The van der Waals surface area contributed by atoms with Crippen LogP contribution in [0.2, 0.25) is 0 Å². The molecular formula is C21H25F3N2OS. The van der Waals surface area contributed by atoms with Crippen LogP contribution >= 0.6 is 11.3 Å². The average Bonchev–Trinajstić information content (AvgIpc) is 3.31. The number of amides is 1. The number of carbonyl (C=O) groups excluding carboxylic acids is 1. The lowest BCUT2D eigenvalue weighted by Crippen LogP contribution is -2.43. The summed E-state index contributed by atoms with van der Waals surface area (Å²) in [6, 6.07) is 5.27. The summed E-state index contributed by atoms with van der Waals surface area (Å²) in [5.41, 5.74) is -0.0239. The standard InChI is InChI=1S/C21H25F3N2OS/c1-15-14-28-18(26-15)9-2-5-12-25-19(27)20(10-3-4-11-20)16-7-6-8-17(13-16)21(22,23)24/h6-8,13-14H,2-5,9-12H2,1H3,(H,25,27). The number of unbranched alkanes of at least 4 members (excludes halogenated alkanes) is 1. The summed E-state index contributed by atoms with van der Waals surface area (Å²) in [5.74, 6) is -0.144. The number of alkyl halides is 3. The lowest BCUT2D eigenvalue weighted by atomic mass is 9.77. The van der Waals surface area contributed by atoms with Gasteiger partial charge >= 0.3 is 6.18 Å². The van der Waals surface area contributed by atoms with Crippen LogP contribution in [-0.2, 0) is 22.8 Å². The fourth-order valence-corrected chi connectivity index (χ4v) is 4.73. The molecule has 0 atom stereocenters. The van der Waals surface area contributed by atoms with E-state index < -0.39 is 17.2 Å². The molecule has 1 aromatic carbocycles. The highest BCUT2D eigenvalue weighted by molar-refractivity contribution is 7.09. The van der Waals surface area contributed by atoms with Crippen molar-refractivity contribution in [1.29, 1.82) is 0 Å². The second-order valence-electron chi connectivity index (χ2n) is 7.46. The first-order chi connectivity index (χ1) is 13.3. The van der Waals surface area contributed by atoms with Gasteiger partial charge in [0.2, 0.25) is 5.91 Å². The highest BCUT2D eigenvalue weighted by atomic mass is 32.1. The summed E-state index contributed by atoms with van der Waals surface area (Å²) in [4.78, 5) is 17.4. The van der Waals surface area contributed by atoms with Crippen molar-refractivity contribution in [1.82, 2.24) is 10.3 Å². The van der Waals surface area contributed by atoms with Crippen LogP contribution in [0.25, 0.3) is 0 Å². The zero-order chi connectivity index (χ0) is 20.2. The van der Waals surface area contributed by atoms with E-state index in [9.17, 15) is 18.0 Å². The minimum absolute atomic E-state index is 0.144. The smallest absolute Gasteiger partial charge is 0.355 e. The molecule has 1 amide bonds. The Labute approximate surface area is 167 Å². The number of aromatic nitrogens is 1. The largest absolute Gasteiger partial charge is 0.416 e. The molecule has 0 spiro atoms. The molecule has 3 nitrogen and oxygen atoms in total. The molecule has 152 valence electrons. The van der Waals surface area contributed by atoms with Gasteiger partial charge in [-0.05, 0) is 50.7 Å². The normalized spacial score (nSPS) is 16.3. The topological polar surface area (TPSA) is 42.0 Å². The first kappa shape index (κ1) is 20.8. The van der Waals surface area contributed by atoms with Crippen LogP contribution in [0.4, 0.5) is 13.2 Å². The molecule has 0 saturated heterocycles. The van der Waals surface area contributed by atoms with Crippen molar-refractivity contribution in [2.24, 2.45) is 0 Å². The van der Waals surface area contributed by atoms with Crippen LogP contribution in [0.5, 0.6) is 0 Å². The SMILES string of the molecule is Cc1csc(CCCCNC(=O)C2(c3cccc(C(F)(F)F)c3)CCCC2)n1. The lowest BCUT2D eigenvalue weighted by molar-refractivity contribution is -0.138. The maximum atomic E-state index is 13.1. The van der Waals surface area contributed by atoms with Gasteiger partial charge in [0.05, 0.1) is 16.0 Å². The fraction of sp³-hybridized carbons (Fsp3) is 0.524. The number of halogens is 3. The van der Waals surface area contributed by atoms with E-state index in [4.69, 9.17) is 0 Å². The van der Waals surface area contributed by atoms with Crippen LogP contribution in [-0.4, -0.2) is 17.4 Å². The summed E-state index contributed by atoms with van der Waals surface area (Å²) in [6.45, 7) is 2.50. The van der Waals surface area contributed by atoms with Gasteiger partial charge in [-0.1, -0.05) is 31.0 Å². The third kappa shape index (κ3) is 4.74. The molecule has 0 aliphatic heterocycles. The van der Waals surface area contributed by atoms with Gasteiger partial charge in [0, 0.05) is 17.6 Å². The second kappa shape index (κ2) is 8.64. The number of rotatable bonds is 7. The summed E-state index contributed by atoms with van der Waals surface area (Å²) in [7, 11) is 0. The molecule has 1 N–H and O–H groups in total. The van der Waals surface area contributed by atoms with Gasteiger partial charge in [0.1, 0.15) is 0 Å². The van der Waals surface area contributed by atoms with Gasteiger partial charge in [0.25, 0.3) is 0 Å². The summed E-state index contributed by atoms with van der Waals surface area (Å²) in [5, 5.41) is 6.10. The monoisotopic (exact) mass is 410 g/mol. The van der Waals surface area contributed by atoms with Gasteiger partial charge < -0.3 is 5.32 Å². The molecule has 0 bridgehead atoms. The quantitative estimate of drug-likeness (QED) is 0.619. The van der Waals surface area contributed by atoms with Crippen molar-refractivity contribution >= 4 is 17.2 Å². The number of thiazole rings is 1. The molecule has 7 heteroatoms. The molecule has 1 aromatic heterocycles. The Morgan fingerprint density at radius 3 is 2.64 bits per heavy atom. The van der Waals surface area contributed by atoms with Crippen LogP contribution in [0.15, 0.2) is 29.6 Å². The van der Waals surface area contributed by atoms with Crippen LogP contribution in [0.3, 0.4) is 0 Å². The Kier molecular flexibility index (Phi) is 6.43. The zero-order valence-electron chi connectivity index (χ0n) is 15.9. The molecule has 2 aromatic rings. The molecule has 1 saturated carbocycles. The van der Waals surface area contributed by atoms with Gasteiger partial charge in [-0.15, -0.1) is 11.3 Å². The van der Waals surface area contributed by atoms with E-state index >= 15 is 0 Å². The van der Waals surface area contributed by atoms with E-state index in [1.165, 1.54) is 6.07 Å². The molecule has 1 aliphatic carbocycles. The summed E-state index contributed by atoms with van der Waals surface area (Å²) >= 11 is 1.64. The predicted molar refractivity (Wildman–Crippen MR) is 104 cm³/mol. The molecular weight excluding hydrogens is 385 g/mol. The van der Waals surface area contributed by atoms with E-state index in [2.05, 4.69) is 10.3 Å². The third-order valence-corrected chi connectivity index (χ3v) is 6.43. The van der Waals surface area contributed by atoms with Gasteiger partial charge in [0.15, 0.2) is 0 Å². The predicted octanol–water partition coefficient (Wildman–Crippen LogP) is 5.42. The Balaban J connectivity index is 1.61. The maximum absolute atomic E-state index is 13.1. The maximum Gasteiger partial charge on any atom is 0.416 e. The lowest BCUT2D eigenvalue weighted by Gasteiger charge is -2.29. The Bertz CT molecular complexity index is 810. The molecule has 1 fully saturated rings. The Hall–Kier alpha value is -1.89. The van der Waals surface area contributed by atoms with Crippen molar-refractivity contribution in [3.05, 3.63) is 51.5 Å². The zero-order valence-corrected chi connectivity index (χ0v) is 16.8. The van der Waals surface area contributed by atoms with Gasteiger partial charge in [-0.3, -0.25) is 4.79 Å². The van der Waals surface area contributed by atoms with E-state index in [1.807, 2.05) is 12.3 Å². The molecule has 0 radical (unpaired) electrons. The van der Waals surface area contributed by atoms with Crippen LogP contribution < -0.4 is 5.32 Å². The second-order valence-corrected chi connectivity index (χ2v) is 8.41. The van der Waals surface area contributed by atoms with Gasteiger partial charge in [-0.25, -0.2) is 4.98 Å². The number of hydrogen-bond donors (Lipinski definition) is 1. The highest BCUT2D eigenvalue weighted by Gasteiger charge is 2.43. The number of aryl methyl sites for hydroxylation is 2. The molecule has 28 heavy (non-hydrogen) atoms. The minimum atomic E-state index is -4.40. The van der Waals surface area contributed by atoms with Crippen molar-refractivity contribution in [2.75, 3.05) is 6.54 Å². The van der Waals surface area contributed by atoms with Crippen LogP contribution in [0, 0.1) is 6.92 Å². The number of hydrogen-bond acceptors (Lipinski definition) is 3. The first-order valence-corrected chi connectivity index (χ1v) is 10.6. The van der Waals surface area contributed by atoms with Crippen molar-refractivity contribution in [3.8, 4) is 0 Å². The van der Waals surface area contributed by atoms with E-state index in [0.29, 0.717) is 24.9 Å². The number of carbonyl (C=O) groups is 1. The average molecular weight is 411 g/mol. The van der Waals surface area contributed by atoms with Gasteiger partial charge in [-0.2, -0.15) is 13.2 Å². The summed E-state index contributed by atoms with van der Waals surface area (Å²) < 4.78 is 39.3. The van der Waals surface area contributed by atoms with Crippen molar-refractivity contribution in [2.45, 2.75) is 63.5 Å². The Morgan fingerprint density at radius 2 is 2.00 bits per heavy atom. The van der Waals surface area contributed by atoms with Crippen molar-refractivity contribution in [3.63, 3.8) is 0 Å².